The quantitative estimate of drug-likeness (QED) is 0.144. The summed E-state index contributed by atoms with van der Waals surface area (Å²) in [5, 5.41) is 67.9. The number of amides is 2. The van der Waals surface area contributed by atoms with Crippen LogP contribution in [0.1, 0.15) is 22.3 Å². The highest BCUT2D eigenvalue weighted by Crippen LogP contribution is 2.32. The van der Waals surface area contributed by atoms with Crippen LogP contribution < -0.4 is 16.0 Å². The topological polar surface area (TPSA) is 198 Å². The predicted octanol–water partition coefficient (Wildman–Crippen LogP) is -0.299. The fourth-order valence-corrected chi connectivity index (χ4v) is 4.96. The smallest absolute Gasteiger partial charge is 0.232 e. The number of hydrogen-bond donors (Lipinski definition) is 9. The Morgan fingerprint density at radius 1 is 0.698 bits per heavy atom. The van der Waals surface area contributed by atoms with Crippen molar-refractivity contribution in [3.05, 3.63) is 46.5 Å². The summed E-state index contributed by atoms with van der Waals surface area (Å²) in [5.41, 5.74) is 3.37. The first-order valence-electron chi connectivity index (χ1n) is 14.5. The standard InChI is InChI=1S/C30H45N5O8/c1-19-9-21(27(40)25(11-19)32-29(42)23(15-36)16-37)13-34-5-3-31-4-6-35(8-7-34)14-22-10-20(2)12-26(28(22)41)33-30(43)24(17-38)18-39/h9-12,23-24,31,36-41H,3-8,13-18H2,1-2H3,(H,32,42)(H,33,43). The molecule has 2 aromatic rings. The summed E-state index contributed by atoms with van der Waals surface area (Å²) >= 11 is 0. The van der Waals surface area contributed by atoms with E-state index in [1.165, 1.54) is 0 Å². The molecule has 3 rings (SSSR count). The van der Waals surface area contributed by atoms with Crippen LogP contribution in [0.3, 0.4) is 0 Å². The number of phenols is 2. The molecule has 0 spiro atoms. The molecule has 0 unspecified atom stereocenters. The summed E-state index contributed by atoms with van der Waals surface area (Å²) in [6.45, 7) is 6.67. The summed E-state index contributed by atoms with van der Waals surface area (Å²) in [4.78, 5) is 29.2. The summed E-state index contributed by atoms with van der Waals surface area (Å²) in [6.07, 6.45) is 0. The minimum absolute atomic E-state index is 0.0674. The fraction of sp³-hybridized carbons (Fsp3) is 0.533. The Kier molecular flexibility index (Phi) is 13.1. The van der Waals surface area contributed by atoms with Crippen LogP contribution in [-0.2, 0) is 22.7 Å². The lowest BCUT2D eigenvalue weighted by atomic mass is 10.1. The number of hydrogen-bond acceptors (Lipinski definition) is 11. The number of aromatic hydroxyl groups is 2. The van der Waals surface area contributed by atoms with Crippen LogP contribution in [0.2, 0.25) is 0 Å². The minimum Gasteiger partial charge on any atom is -0.505 e. The van der Waals surface area contributed by atoms with Gasteiger partial charge in [-0.15, -0.1) is 0 Å². The number of phenolic OH excluding ortho intramolecular Hbond substituents is 2. The van der Waals surface area contributed by atoms with E-state index in [2.05, 4.69) is 25.8 Å². The third-order valence-electron chi connectivity index (χ3n) is 7.54. The lowest BCUT2D eigenvalue weighted by Gasteiger charge is -2.27. The van der Waals surface area contributed by atoms with Crippen LogP contribution in [0.15, 0.2) is 24.3 Å². The van der Waals surface area contributed by atoms with Crippen LogP contribution in [0.5, 0.6) is 11.5 Å². The van der Waals surface area contributed by atoms with E-state index in [9.17, 15) is 40.2 Å². The molecule has 43 heavy (non-hydrogen) atoms. The summed E-state index contributed by atoms with van der Waals surface area (Å²) in [5.74, 6) is -3.27. The normalized spacial score (nSPS) is 15.3. The van der Waals surface area contributed by atoms with Gasteiger partial charge in [0.05, 0.1) is 49.6 Å². The maximum absolute atomic E-state index is 12.4. The van der Waals surface area contributed by atoms with Crippen LogP contribution in [0.25, 0.3) is 0 Å². The molecule has 0 bridgehead atoms. The summed E-state index contributed by atoms with van der Waals surface area (Å²) in [6, 6.07) is 7.00. The molecule has 1 saturated heterocycles. The predicted molar refractivity (Wildman–Crippen MR) is 162 cm³/mol. The van der Waals surface area contributed by atoms with Gasteiger partial charge in [-0.2, -0.15) is 0 Å². The highest BCUT2D eigenvalue weighted by atomic mass is 16.3. The van der Waals surface area contributed by atoms with Gasteiger partial charge >= 0.3 is 0 Å². The van der Waals surface area contributed by atoms with Crippen LogP contribution >= 0.6 is 0 Å². The zero-order valence-corrected chi connectivity index (χ0v) is 24.8. The van der Waals surface area contributed by atoms with E-state index in [4.69, 9.17) is 0 Å². The number of rotatable bonds is 12. The fourth-order valence-electron chi connectivity index (χ4n) is 4.96. The number of nitrogens with one attached hydrogen (secondary N) is 3. The molecule has 1 aliphatic heterocycles. The second-order valence-electron chi connectivity index (χ2n) is 11.0. The van der Waals surface area contributed by atoms with Crippen molar-refractivity contribution < 1.29 is 40.2 Å². The van der Waals surface area contributed by atoms with Gasteiger partial charge in [0.25, 0.3) is 0 Å². The van der Waals surface area contributed by atoms with Gasteiger partial charge in [0.1, 0.15) is 11.5 Å². The molecule has 1 fully saturated rings. The van der Waals surface area contributed by atoms with Crippen molar-refractivity contribution in [1.29, 1.82) is 0 Å². The van der Waals surface area contributed by atoms with E-state index in [0.29, 0.717) is 50.4 Å². The summed E-state index contributed by atoms with van der Waals surface area (Å²) in [7, 11) is 0. The average Bonchev–Trinajstić information content (AvgIpc) is 3.07. The molecule has 2 aromatic carbocycles. The number of anilines is 2. The van der Waals surface area contributed by atoms with E-state index in [0.717, 1.165) is 24.2 Å². The third-order valence-corrected chi connectivity index (χ3v) is 7.54. The Balaban J connectivity index is 1.73. The number of carbonyl (C=O) groups excluding carboxylic acids is 2. The largest absolute Gasteiger partial charge is 0.505 e. The van der Waals surface area contributed by atoms with Crippen LogP contribution in [0.4, 0.5) is 11.4 Å². The monoisotopic (exact) mass is 603 g/mol. The van der Waals surface area contributed by atoms with Gasteiger partial charge in [0.2, 0.25) is 11.8 Å². The molecule has 13 nitrogen and oxygen atoms in total. The number of aliphatic hydroxyl groups excluding tert-OH is 4. The van der Waals surface area contributed by atoms with Crippen molar-refractivity contribution >= 4 is 23.2 Å². The Bertz CT molecular complexity index is 1140. The summed E-state index contributed by atoms with van der Waals surface area (Å²) < 4.78 is 0. The number of carbonyl (C=O) groups is 2. The molecule has 2 amide bonds. The highest BCUT2D eigenvalue weighted by molar-refractivity contribution is 5.95. The second kappa shape index (κ2) is 16.5. The molecule has 0 saturated carbocycles. The molecule has 1 heterocycles. The van der Waals surface area contributed by atoms with Gasteiger partial charge in [0, 0.05) is 63.5 Å². The lowest BCUT2D eigenvalue weighted by Crippen LogP contribution is -2.35. The Morgan fingerprint density at radius 3 is 1.42 bits per heavy atom. The number of nitrogens with zero attached hydrogens (tertiary/aromatic N) is 2. The zero-order valence-electron chi connectivity index (χ0n) is 24.8. The first kappa shape index (κ1) is 34.2. The van der Waals surface area contributed by atoms with Crippen LogP contribution in [-0.4, -0.2) is 118 Å². The van der Waals surface area contributed by atoms with Crippen LogP contribution in [0, 0.1) is 25.7 Å². The molecule has 0 aromatic heterocycles. The molecular formula is C30H45N5O8. The molecule has 9 N–H and O–H groups in total. The van der Waals surface area contributed by atoms with Gasteiger partial charge in [-0.3, -0.25) is 19.4 Å². The van der Waals surface area contributed by atoms with Crippen molar-refractivity contribution in [2.24, 2.45) is 11.8 Å². The second-order valence-corrected chi connectivity index (χ2v) is 11.0. The SMILES string of the molecule is Cc1cc(CN2CCNCCN(Cc3cc(C)cc(NC(=O)C(CO)CO)c3O)CC2)c(O)c(NC(=O)C(CO)CO)c1. The molecule has 1 aliphatic rings. The van der Waals surface area contributed by atoms with Gasteiger partial charge < -0.3 is 46.6 Å². The Labute approximate surface area is 251 Å². The minimum atomic E-state index is -0.989. The zero-order chi connectivity index (χ0) is 31.5. The maximum Gasteiger partial charge on any atom is 0.232 e. The molecule has 13 heteroatoms. The number of benzene rings is 2. The van der Waals surface area contributed by atoms with E-state index in [1.54, 1.807) is 12.1 Å². The third kappa shape index (κ3) is 9.60. The van der Waals surface area contributed by atoms with Gasteiger partial charge in [-0.25, -0.2) is 0 Å². The first-order valence-corrected chi connectivity index (χ1v) is 14.5. The van der Waals surface area contributed by atoms with Crippen molar-refractivity contribution in [1.82, 2.24) is 15.1 Å². The first-order chi connectivity index (χ1) is 20.6. The Morgan fingerprint density at radius 2 is 1.07 bits per heavy atom. The van der Waals surface area contributed by atoms with Gasteiger partial charge in [0.15, 0.2) is 0 Å². The van der Waals surface area contributed by atoms with Crippen molar-refractivity contribution in [2.45, 2.75) is 26.9 Å². The van der Waals surface area contributed by atoms with E-state index in [-0.39, 0.29) is 22.9 Å². The van der Waals surface area contributed by atoms with Crippen molar-refractivity contribution in [2.75, 3.05) is 76.3 Å². The molecular weight excluding hydrogens is 558 g/mol. The lowest BCUT2D eigenvalue weighted by molar-refractivity contribution is -0.123. The molecule has 0 radical (unpaired) electrons. The van der Waals surface area contributed by atoms with Crippen molar-refractivity contribution in [3.63, 3.8) is 0 Å². The molecule has 0 atom stereocenters. The highest BCUT2D eigenvalue weighted by Gasteiger charge is 2.22. The van der Waals surface area contributed by atoms with E-state index >= 15 is 0 Å². The number of aryl methyl sites for hydroxylation is 2. The Hall–Kier alpha value is -3.30. The van der Waals surface area contributed by atoms with E-state index < -0.39 is 50.1 Å². The molecule has 0 aliphatic carbocycles. The average molecular weight is 604 g/mol. The van der Waals surface area contributed by atoms with Gasteiger partial charge in [-0.05, 0) is 37.1 Å². The number of aliphatic hydroxyl groups is 4. The van der Waals surface area contributed by atoms with E-state index in [1.807, 2.05) is 26.0 Å². The van der Waals surface area contributed by atoms with Gasteiger partial charge in [-0.1, -0.05) is 12.1 Å². The molecule has 238 valence electrons. The maximum atomic E-state index is 12.4. The van der Waals surface area contributed by atoms with Crippen molar-refractivity contribution in [3.8, 4) is 11.5 Å².